The summed E-state index contributed by atoms with van der Waals surface area (Å²) >= 11 is 0. The van der Waals surface area contributed by atoms with Crippen molar-refractivity contribution in [3.8, 4) is 5.75 Å². The van der Waals surface area contributed by atoms with E-state index in [1.54, 1.807) is 19.1 Å². The van der Waals surface area contributed by atoms with Crippen LogP contribution >= 0.6 is 0 Å². The molecular weight excluding hydrogens is 206 g/mol. The maximum atomic E-state index is 10.8. The molecule has 0 aromatic heterocycles. The van der Waals surface area contributed by atoms with Gasteiger partial charge in [-0.2, -0.15) is 0 Å². The Kier molecular flexibility index (Phi) is 3.08. The monoisotopic (exact) mass is 221 g/mol. The first-order chi connectivity index (χ1) is 7.66. The Labute approximate surface area is 94.4 Å². The zero-order chi connectivity index (χ0) is 11.5. The molecule has 0 bridgehead atoms. The number of benzene rings is 1. The molecule has 1 aliphatic carbocycles. The van der Waals surface area contributed by atoms with Crippen molar-refractivity contribution >= 4 is 5.69 Å². The zero-order valence-electron chi connectivity index (χ0n) is 9.31. The highest BCUT2D eigenvalue weighted by Crippen LogP contribution is 2.28. The van der Waals surface area contributed by atoms with Crippen LogP contribution in [-0.4, -0.2) is 11.0 Å². The highest BCUT2D eigenvalue weighted by Gasteiger charge is 2.18. The maximum Gasteiger partial charge on any atom is 0.276 e. The number of rotatable bonds is 3. The van der Waals surface area contributed by atoms with Gasteiger partial charge in [-0.25, -0.2) is 0 Å². The van der Waals surface area contributed by atoms with Gasteiger partial charge in [0.25, 0.3) is 5.69 Å². The number of aryl methyl sites for hydroxylation is 1. The van der Waals surface area contributed by atoms with E-state index in [9.17, 15) is 10.1 Å². The second kappa shape index (κ2) is 4.51. The largest absolute Gasteiger partial charge is 0.490 e. The maximum absolute atomic E-state index is 10.8. The third-order valence-electron chi connectivity index (χ3n) is 2.98. The summed E-state index contributed by atoms with van der Waals surface area (Å²) in [5.41, 5.74) is 0.805. The van der Waals surface area contributed by atoms with Crippen LogP contribution in [0.4, 0.5) is 5.69 Å². The van der Waals surface area contributed by atoms with Gasteiger partial charge in [0.05, 0.1) is 17.1 Å². The molecule has 0 aliphatic heterocycles. The number of nitrogens with zero attached hydrogens (tertiary/aromatic N) is 1. The highest BCUT2D eigenvalue weighted by atomic mass is 16.6. The summed E-state index contributed by atoms with van der Waals surface area (Å²) in [6.07, 6.45) is 4.74. The first kappa shape index (κ1) is 10.9. The van der Waals surface area contributed by atoms with Crippen LogP contribution in [0.25, 0.3) is 0 Å². The summed E-state index contributed by atoms with van der Waals surface area (Å²) in [6, 6.07) is 5.07. The molecule has 1 aromatic rings. The van der Waals surface area contributed by atoms with Crippen LogP contribution in [-0.2, 0) is 0 Å². The van der Waals surface area contributed by atoms with Crippen LogP contribution < -0.4 is 4.74 Å². The van der Waals surface area contributed by atoms with Crippen molar-refractivity contribution in [2.24, 2.45) is 0 Å². The third kappa shape index (κ3) is 2.32. The molecule has 0 unspecified atom stereocenters. The second-order valence-corrected chi connectivity index (χ2v) is 4.23. The first-order valence-corrected chi connectivity index (χ1v) is 5.58. The van der Waals surface area contributed by atoms with Gasteiger partial charge >= 0.3 is 0 Å². The molecule has 4 heteroatoms. The van der Waals surface area contributed by atoms with Gasteiger partial charge in [0, 0.05) is 5.56 Å². The Morgan fingerprint density at radius 3 is 2.69 bits per heavy atom. The SMILES string of the molecule is Cc1ccc(OC2CCCC2)cc1[N+](=O)[O-]. The van der Waals surface area contributed by atoms with Gasteiger partial charge in [0.2, 0.25) is 0 Å². The van der Waals surface area contributed by atoms with Gasteiger partial charge in [0.15, 0.2) is 0 Å². The van der Waals surface area contributed by atoms with E-state index < -0.39 is 0 Å². The summed E-state index contributed by atoms with van der Waals surface area (Å²) in [5, 5.41) is 10.8. The van der Waals surface area contributed by atoms with E-state index in [-0.39, 0.29) is 16.7 Å². The number of nitro groups is 1. The fourth-order valence-corrected chi connectivity index (χ4v) is 2.06. The van der Waals surface area contributed by atoms with Crippen molar-refractivity contribution in [1.82, 2.24) is 0 Å². The summed E-state index contributed by atoms with van der Waals surface area (Å²) in [6.45, 7) is 1.73. The molecular formula is C12H15NO3. The smallest absolute Gasteiger partial charge is 0.276 e. The van der Waals surface area contributed by atoms with E-state index in [0.717, 1.165) is 12.8 Å². The molecule has 0 heterocycles. The van der Waals surface area contributed by atoms with Crippen LogP contribution in [0.5, 0.6) is 5.75 Å². The molecule has 1 saturated carbocycles. The molecule has 16 heavy (non-hydrogen) atoms. The molecule has 0 spiro atoms. The fraction of sp³-hybridized carbons (Fsp3) is 0.500. The Morgan fingerprint density at radius 2 is 2.06 bits per heavy atom. The third-order valence-corrected chi connectivity index (χ3v) is 2.98. The minimum absolute atomic E-state index is 0.135. The summed E-state index contributed by atoms with van der Waals surface area (Å²) < 4.78 is 5.72. The Hall–Kier alpha value is -1.58. The molecule has 1 fully saturated rings. The topological polar surface area (TPSA) is 52.4 Å². The van der Waals surface area contributed by atoms with E-state index in [1.807, 2.05) is 0 Å². The van der Waals surface area contributed by atoms with Crippen LogP contribution in [0.2, 0.25) is 0 Å². The average molecular weight is 221 g/mol. The summed E-state index contributed by atoms with van der Waals surface area (Å²) in [5.74, 6) is 0.615. The van der Waals surface area contributed by atoms with Gasteiger partial charge in [0.1, 0.15) is 5.75 Å². The van der Waals surface area contributed by atoms with Crippen LogP contribution in [0.3, 0.4) is 0 Å². The Balaban J connectivity index is 2.15. The Morgan fingerprint density at radius 1 is 1.38 bits per heavy atom. The van der Waals surface area contributed by atoms with Gasteiger partial charge in [-0.3, -0.25) is 10.1 Å². The van der Waals surface area contributed by atoms with Gasteiger partial charge in [-0.15, -0.1) is 0 Å². The van der Waals surface area contributed by atoms with Crippen LogP contribution in [0.15, 0.2) is 18.2 Å². The van der Waals surface area contributed by atoms with Crippen molar-refractivity contribution in [3.63, 3.8) is 0 Å². The molecule has 1 aliphatic rings. The fourth-order valence-electron chi connectivity index (χ4n) is 2.06. The average Bonchev–Trinajstić information content (AvgIpc) is 2.73. The molecule has 86 valence electrons. The van der Waals surface area contributed by atoms with Crippen molar-refractivity contribution < 1.29 is 9.66 Å². The minimum atomic E-state index is -0.364. The van der Waals surface area contributed by atoms with Crippen LogP contribution in [0, 0.1) is 17.0 Å². The number of ether oxygens (including phenoxy) is 1. The van der Waals surface area contributed by atoms with Gasteiger partial charge in [-0.05, 0) is 44.7 Å². The number of hydrogen-bond donors (Lipinski definition) is 0. The van der Waals surface area contributed by atoms with E-state index in [1.165, 1.54) is 18.9 Å². The van der Waals surface area contributed by atoms with E-state index in [0.29, 0.717) is 11.3 Å². The van der Waals surface area contributed by atoms with E-state index >= 15 is 0 Å². The van der Waals surface area contributed by atoms with Gasteiger partial charge < -0.3 is 4.74 Å². The number of nitro benzene ring substituents is 1. The standard InChI is InChI=1S/C12H15NO3/c1-9-6-7-11(8-12(9)13(14)15)16-10-4-2-3-5-10/h6-8,10H,2-5H2,1H3. The molecule has 0 saturated heterocycles. The van der Waals surface area contributed by atoms with E-state index in [4.69, 9.17) is 4.74 Å². The lowest BCUT2D eigenvalue weighted by Gasteiger charge is -2.12. The van der Waals surface area contributed by atoms with Crippen molar-refractivity contribution in [2.45, 2.75) is 38.7 Å². The molecule has 0 atom stereocenters. The molecule has 0 amide bonds. The second-order valence-electron chi connectivity index (χ2n) is 4.23. The van der Waals surface area contributed by atoms with E-state index in [2.05, 4.69) is 0 Å². The molecule has 4 nitrogen and oxygen atoms in total. The van der Waals surface area contributed by atoms with Crippen molar-refractivity contribution in [3.05, 3.63) is 33.9 Å². The predicted octanol–water partition coefficient (Wildman–Crippen LogP) is 3.22. The summed E-state index contributed by atoms with van der Waals surface area (Å²) in [7, 11) is 0. The lowest BCUT2D eigenvalue weighted by molar-refractivity contribution is -0.385. The predicted molar refractivity (Wildman–Crippen MR) is 60.7 cm³/mol. The van der Waals surface area contributed by atoms with Crippen LogP contribution in [0.1, 0.15) is 31.2 Å². The van der Waals surface area contributed by atoms with Crippen molar-refractivity contribution in [2.75, 3.05) is 0 Å². The van der Waals surface area contributed by atoms with Gasteiger partial charge in [-0.1, -0.05) is 0 Å². The minimum Gasteiger partial charge on any atom is -0.490 e. The quantitative estimate of drug-likeness (QED) is 0.581. The normalized spacial score (nSPS) is 16.3. The zero-order valence-corrected chi connectivity index (χ0v) is 9.31. The highest BCUT2D eigenvalue weighted by molar-refractivity contribution is 5.45. The molecule has 0 N–H and O–H groups in total. The molecule has 1 aromatic carbocycles. The summed E-state index contributed by atoms with van der Waals surface area (Å²) in [4.78, 5) is 10.4. The molecule has 2 rings (SSSR count). The van der Waals surface area contributed by atoms with Crippen molar-refractivity contribution in [1.29, 1.82) is 0 Å². The number of hydrogen-bond acceptors (Lipinski definition) is 3. The Bertz CT molecular complexity index is 397. The lowest BCUT2D eigenvalue weighted by atomic mass is 10.2. The first-order valence-electron chi connectivity index (χ1n) is 5.58. The lowest BCUT2D eigenvalue weighted by Crippen LogP contribution is -2.10. The molecule has 0 radical (unpaired) electrons.